The van der Waals surface area contributed by atoms with Gasteiger partial charge in [0.2, 0.25) is 21.8 Å². The van der Waals surface area contributed by atoms with E-state index < -0.39 is 80.3 Å². The van der Waals surface area contributed by atoms with Crippen molar-refractivity contribution in [2.24, 2.45) is 5.92 Å². The smallest absolute Gasteiger partial charge is 0.408 e. The van der Waals surface area contributed by atoms with Crippen molar-refractivity contribution in [1.29, 1.82) is 0 Å². The van der Waals surface area contributed by atoms with Gasteiger partial charge in [-0.3, -0.25) is 19.1 Å². The maximum Gasteiger partial charge on any atom is 0.408 e. The zero-order valence-electron chi connectivity index (χ0n) is 29.4. The minimum absolute atomic E-state index is 0.0862. The summed E-state index contributed by atoms with van der Waals surface area (Å²) < 4.78 is 55.0. The van der Waals surface area contributed by atoms with E-state index in [1.807, 2.05) is 0 Å². The summed E-state index contributed by atoms with van der Waals surface area (Å²) in [5.74, 6) is -2.96. The lowest BCUT2D eigenvalue weighted by molar-refractivity contribution is -0.141. The second-order valence-electron chi connectivity index (χ2n) is 14.1. The summed E-state index contributed by atoms with van der Waals surface area (Å²) in [7, 11) is -1.09. The Morgan fingerprint density at radius 3 is 2.49 bits per heavy atom. The van der Waals surface area contributed by atoms with Gasteiger partial charge in [-0.05, 0) is 65.0 Å². The molecular weight excluding hydrogens is 688 g/mol. The van der Waals surface area contributed by atoms with Gasteiger partial charge in [0.15, 0.2) is 0 Å². The van der Waals surface area contributed by atoms with Crippen LogP contribution in [0.1, 0.15) is 69.7 Å². The number of amides is 4. The average molecular weight is 735 g/mol. The van der Waals surface area contributed by atoms with E-state index in [0.29, 0.717) is 25.0 Å². The van der Waals surface area contributed by atoms with Crippen molar-refractivity contribution in [1.82, 2.24) is 20.3 Å². The van der Waals surface area contributed by atoms with Crippen molar-refractivity contribution in [2.75, 3.05) is 34.0 Å². The lowest BCUT2D eigenvalue weighted by Gasteiger charge is -2.30. The molecule has 3 N–H and O–H groups in total. The fraction of sp³-hybridized carbons (Fsp3) is 0.618. The first-order valence-corrected chi connectivity index (χ1v) is 18.5. The van der Waals surface area contributed by atoms with Gasteiger partial charge in [0.1, 0.15) is 46.4 Å². The van der Waals surface area contributed by atoms with E-state index in [2.05, 4.69) is 15.4 Å². The molecule has 2 aliphatic carbocycles. The monoisotopic (exact) mass is 734 g/mol. The Kier molecular flexibility index (Phi) is 11.2. The van der Waals surface area contributed by atoms with Gasteiger partial charge in [0.25, 0.3) is 5.91 Å². The molecule has 16 nitrogen and oxygen atoms in total. The third-order valence-electron chi connectivity index (χ3n) is 9.07. The lowest BCUT2D eigenvalue weighted by atomic mass is 10.1. The summed E-state index contributed by atoms with van der Waals surface area (Å²) in [6.07, 6.45) is 2.88. The van der Waals surface area contributed by atoms with E-state index in [-0.39, 0.29) is 50.3 Å². The van der Waals surface area contributed by atoms with E-state index >= 15 is 0 Å². The second-order valence-corrected chi connectivity index (χ2v) is 16.1. The van der Waals surface area contributed by atoms with Crippen molar-refractivity contribution in [3.63, 3.8) is 0 Å². The van der Waals surface area contributed by atoms with Gasteiger partial charge >= 0.3 is 12.1 Å². The molecule has 1 saturated heterocycles. The zero-order valence-corrected chi connectivity index (χ0v) is 30.2. The predicted molar refractivity (Wildman–Crippen MR) is 180 cm³/mol. The van der Waals surface area contributed by atoms with E-state index in [1.54, 1.807) is 39.0 Å². The molecule has 2 saturated carbocycles. The molecule has 0 bridgehead atoms. The van der Waals surface area contributed by atoms with Crippen molar-refractivity contribution >= 4 is 39.8 Å². The summed E-state index contributed by atoms with van der Waals surface area (Å²) in [4.78, 5) is 69.4. The number of ether oxygens (including phenoxy) is 5. The number of hydrogen-bond donors (Lipinski definition) is 3. The average Bonchev–Trinajstić information content (AvgIpc) is 3.99. The van der Waals surface area contributed by atoms with Crippen molar-refractivity contribution in [2.45, 2.75) is 93.9 Å². The highest BCUT2D eigenvalue weighted by molar-refractivity contribution is 7.91. The first-order chi connectivity index (χ1) is 24.1. The molecule has 0 aromatic heterocycles. The van der Waals surface area contributed by atoms with Crippen LogP contribution in [0.2, 0.25) is 0 Å². The minimum atomic E-state index is -3.94. The molecule has 1 aromatic rings. The van der Waals surface area contributed by atoms with Crippen LogP contribution in [0, 0.1) is 5.92 Å². The molecule has 3 fully saturated rings. The summed E-state index contributed by atoms with van der Waals surface area (Å²) in [6.45, 7) is 5.21. The number of benzene rings is 1. The molecule has 0 spiro atoms. The Labute approximate surface area is 296 Å². The van der Waals surface area contributed by atoms with Gasteiger partial charge in [0.05, 0.1) is 32.6 Å². The number of alkyl carbamates (subject to hydrolysis) is 1. The molecule has 0 unspecified atom stereocenters. The quantitative estimate of drug-likeness (QED) is 0.257. The van der Waals surface area contributed by atoms with E-state index in [4.69, 9.17) is 23.7 Å². The lowest BCUT2D eigenvalue weighted by Crippen LogP contribution is -2.58. The Morgan fingerprint density at radius 1 is 1.08 bits per heavy atom. The topological polar surface area (TPSA) is 205 Å². The molecule has 5 rings (SSSR count). The standard InChI is InChI=1S/C34H46N4O12S/c1-33(2,3)50-32(43)35-25-9-7-15-48-14-6-8-20-18-34(20,31(42)37-51(44,45)23-11-12-23)36-28(39)26-16-22(19-38(26)29(25)40)49-30(41)24-13-10-21(46-4)17-27(24)47-5/h6,8,10,13,17,20,22-23,25-26H,7,9,11-12,14-16,18-19H2,1-5H3,(H,35,43)(H,36,39)(H,37,42)/t20-,22-,25+,26+,34-/m1/s1. The third kappa shape index (κ3) is 9.11. The van der Waals surface area contributed by atoms with Crippen LogP contribution in [-0.4, -0.2) is 112 Å². The molecule has 17 heteroatoms. The third-order valence-corrected chi connectivity index (χ3v) is 10.9. The van der Waals surface area contributed by atoms with Crippen molar-refractivity contribution < 1.29 is 56.1 Å². The highest BCUT2D eigenvalue weighted by atomic mass is 32.2. The molecule has 2 heterocycles. The number of rotatable bonds is 8. The molecule has 0 radical (unpaired) electrons. The Hall–Kier alpha value is -4.38. The molecule has 51 heavy (non-hydrogen) atoms. The summed E-state index contributed by atoms with van der Waals surface area (Å²) in [5.41, 5.74) is -2.38. The van der Waals surface area contributed by atoms with E-state index in [9.17, 15) is 32.4 Å². The Bertz CT molecular complexity index is 1670. The zero-order chi connectivity index (χ0) is 37.1. The van der Waals surface area contributed by atoms with Crippen LogP contribution < -0.4 is 24.8 Å². The SMILES string of the molecule is COc1ccc(C(=O)O[C@@H]2C[C@H]3C(=O)N[C@]4(C(=O)NS(=O)(=O)C5CC5)C[C@H]4C=CCOCCC[C@H](NC(=O)OC(C)(C)C)C(=O)N3C2)c(OC)c1. The van der Waals surface area contributed by atoms with Crippen LogP contribution >= 0.6 is 0 Å². The van der Waals surface area contributed by atoms with Gasteiger partial charge in [-0.1, -0.05) is 12.2 Å². The van der Waals surface area contributed by atoms with Crippen molar-refractivity contribution in [3.05, 3.63) is 35.9 Å². The first kappa shape index (κ1) is 37.9. The molecule has 4 aliphatic rings. The van der Waals surface area contributed by atoms with E-state index in [1.165, 1.54) is 31.3 Å². The molecule has 2 aliphatic heterocycles. The number of esters is 1. The number of carbonyl (C=O) groups is 5. The molecule has 5 atom stereocenters. The van der Waals surface area contributed by atoms with Gasteiger partial charge < -0.3 is 39.2 Å². The van der Waals surface area contributed by atoms with Crippen LogP contribution in [-0.2, 0) is 38.6 Å². The second kappa shape index (κ2) is 15.1. The first-order valence-electron chi connectivity index (χ1n) is 16.9. The number of nitrogens with zero attached hydrogens (tertiary/aromatic N) is 1. The van der Waals surface area contributed by atoms with E-state index in [0.717, 1.165) is 0 Å². The minimum Gasteiger partial charge on any atom is -0.497 e. The fourth-order valence-corrected chi connectivity index (χ4v) is 7.56. The maximum atomic E-state index is 14.2. The predicted octanol–water partition coefficient (Wildman–Crippen LogP) is 1.57. The van der Waals surface area contributed by atoms with Gasteiger partial charge in [-0.15, -0.1) is 0 Å². The molecule has 4 amide bonds. The van der Waals surface area contributed by atoms with Gasteiger partial charge in [-0.25, -0.2) is 18.0 Å². The van der Waals surface area contributed by atoms with Gasteiger partial charge in [-0.2, -0.15) is 0 Å². The van der Waals surface area contributed by atoms with Crippen LogP contribution in [0.15, 0.2) is 30.4 Å². The molecular formula is C34H46N4O12S. The number of carbonyl (C=O) groups excluding carboxylic acids is 5. The Morgan fingerprint density at radius 2 is 1.82 bits per heavy atom. The maximum absolute atomic E-state index is 14.2. The number of fused-ring (bicyclic) bond motifs is 2. The summed E-state index contributed by atoms with van der Waals surface area (Å²) >= 11 is 0. The molecule has 280 valence electrons. The fourth-order valence-electron chi connectivity index (χ4n) is 6.19. The highest BCUT2D eigenvalue weighted by Crippen LogP contribution is 2.46. The number of nitrogens with one attached hydrogen (secondary N) is 3. The summed E-state index contributed by atoms with van der Waals surface area (Å²) in [6, 6.07) is 2.13. The normalized spacial score (nSPS) is 27.0. The highest BCUT2D eigenvalue weighted by Gasteiger charge is 2.62. The van der Waals surface area contributed by atoms with Gasteiger partial charge in [0, 0.05) is 25.0 Å². The summed E-state index contributed by atoms with van der Waals surface area (Å²) in [5, 5.41) is 4.69. The number of hydrogen-bond acceptors (Lipinski definition) is 12. The van der Waals surface area contributed by atoms with Crippen LogP contribution in [0.25, 0.3) is 0 Å². The largest absolute Gasteiger partial charge is 0.497 e. The van der Waals surface area contributed by atoms with Crippen LogP contribution in [0.3, 0.4) is 0 Å². The number of methoxy groups -OCH3 is 2. The van der Waals surface area contributed by atoms with Crippen LogP contribution in [0.4, 0.5) is 4.79 Å². The number of sulfonamides is 1. The molecule has 1 aromatic carbocycles. The Balaban J connectivity index is 1.44. The van der Waals surface area contributed by atoms with Crippen molar-refractivity contribution in [3.8, 4) is 11.5 Å². The van der Waals surface area contributed by atoms with Crippen LogP contribution in [0.5, 0.6) is 11.5 Å².